The number of benzene rings is 1. The van der Waals surface area contributed by atoms with Gasteiger partial charge in [0.2, 0.25) is 0 Å². The Morgan fingerprint density at radius 3 is 2.80 bits per heavy atom. The minimum atomic E-state index is -0.603. The molecule has 108 valence electrons. The molecule has 20 heavy (non-hydrogen) atoms. The zero-order valence-corrected chi connectivity index (χ0v) is 11.7. The summed E-state index contributed by atoms with van der Waals surface area (Å²) < 4.78 is 16.2. The smallest absolute Gasteiger partial charge is 0.337 e. The summed E-state index contributed by atoms with van der Waals surface area (Å²) in [7, 11) is 1.37. The van der Waals surface area contributed by atoms with E-state index >= 15 is 0 Å². The molecule has 4 atom stereocenters. The highest BCUT2D eigenvalue weighted by Crippen LogP contribution is 2.31. The van der Waals surface area contributed by atoms with Crippen molar-refractivity contribution in [3.8, 4) is 0 Å². The van der Waals surface area contributed by atoms with Gasteiger partial charge in [-0.1, -0.05) is 30.3 Å². The molecule has 2 bridgehead atoms. The number of rotatable bonds is 3. The third-order valence-electron chi connectivity index (χ3n) is 3.97. The van der Waals surface area contributed by atoms with E-state index in [0.29, 0.717) is 6.54 Å². The molecule has 2 fully saturated rings. The van der Waals surface area contributed by atoms with Crippen LogP contribution in [0, 0.1) is 0 Å². The first kappa shape index (κ1) is 13.5. The van der Waals surface area contributed by atoms with Crippen LogP contribution in [0.2, 0.25) is 0 Å². The number of methoxy groups -OCH3 is 1. The summed E-state index contributed by atoms with van der Waals surface area (Å²) in [6.07, 6.45) is -1.21. The quantitative estimate of drug-likeness (QED) is 0.776. The van der Waals surface area contributed by atoms with Crippen molar-refractivity contribution >= 4 is 5.97 Å². The second-order valence-electron chi connectivity index (χ2n) is 5.28. The molecule has 3 rings (SSSR count). The van der Waals surface area contributed by atoms with Crippen LogP contribution in [-0.2, 0) is 25.5 Å². The van der Waals surface area contributed by atoms with Crippen LogP contribution in [0.4, 0.5) is 0 Å². The molecular formula is C15H19NO4. The number of nitrogens with zero attached hydrogens (tertiary/aromatic N) is 1. The van der Waals surface area contributed by atoms with Gasteiger partial charge in [0.05, 0.1) is 13.2 Å². The van der Waals surface area contributed by atoms with Gasteiger partial charge in [-0.25, -0.2) is 4.79 Å². The number of hydrogen-bond donors (Lipinski definition) is 0. The molecule has 0 aliphatic carbocycles. The highest BCUT2D eigenvalue weighted by Gasteiger charge is 2.49. The van der Waals surface area contributed by atoms with Crippen molar-refractivity contribution in [3.05, 3.63) is 35.9 Å². The van der Waals surface area contributed by atoms with Crippen LogP contribution in [0.3, 0.4) is 0 Å². The van der Waals surface area contributed by atoms with E-state index in [-0.39, 0.29) is 24.4 Å². The lowest BCUT2D eigenvalue weighted by atomic mass is 10.1. The number of fused-ring (bicyclic) bond motifs is 2. The average Bonchev–Trinajstić information content (AvgIpc) is 2.84. The maximum absolute atomic E-state index is 11.7. The molecule has 5 nitrogen and oxygen atoms in total. The normalized spacial score (nSPS) is 33.1. The van der Waals surface area contributed by atoms with Gasteiger partial charge >= 0.3 is 5.97 Å². The lowest BCUT2D eigenvalue weighted by molar-refractivity contribution is -0.159. The van der Waals surface area contributed by atoms with Crippen LogP contribution in [0.5, 0.6) is 0 Å². The van der Waals surface area contributed by atoms with E-state index in [1.54, 1.807) is 0 Å². The average molecular weight is 277 g/mol. The van der Waals surface area contributed by atoms with Crippen LogP contribution in [-0.4, -0.2) is 49.1 Å². The van der Waals surface area contributed by atoms with Crippen LogP contribution < -0.4 is 0 Å². The van der Waals surface area contributed by atoms with Crippen molar-refractivity contribution in [1.82, 2.24) is 4.90 Å². The second kappa shape index (κ2) is 5.52. The minimum absolute atomic E-state index is 0.112. The monoisotopic (exact) mass is 277 g/mol. The lowest BCUT2D eigenvalue weighted by Crippen LogP contribution is -2.50. The Hall–Kier alpha value is -1.43. The first-order valence-electron chi connectivity index (χ1n) is 6.86. The van der Waals surface area contributed by atoms with E-state index in [4.69, 9.17) is 14.2 Å². The van der Waals surface area contributed by atoms with Crippen molar-refractivity contribution in [2.45, 2.75) is 38.0 Å². The molecule has 2 saturated heterocycles. The van der Waals surface area contributed by atoms with Crippen LogP contribution in [0.25, 0.3) is 0 Å². The van der Waals surface area contributed by atoms with Gasteiger partial charge in [0.1, 0.15) is 6.10 Å². The van der Waals surface area contributed by atoms with Gasteiger partial charge in [-0.15, -0.1) is 0 Å². The summed E-state index contributed by atoms with van der Waals surface area (Å²) in [6.45, 7) is 3.56. The summed E-state index contributed by atoms with van der Waals surface area (Å²) in [6, 6.07) is 10.4. The molecule has 2 heterocycles. The van der Waals surface area contributed by atoms with E-state index in [1.807, 2.05) is 18.2 Å². The fraction of sp³-hybridized carbons (Fsp3) is 0.533. The van der Waals surface area contributed by atoms with Crippen LogP contribution in [0.1, 0.15) is 12.5 Å². The molecule has 5 heteroatoms. The largest absolute Gasteiger partial charge is 0.467 e. The predicted molar refractivity (Wildman–Crippen MR) is 71.9 cm³/mol. The van der Waals surface area contributed by atoms with Crippen LogP contribution in [0.15, 0.2) is 30.3 Å². The number of morpholine rings is 1. The third kappa shape index (κ3) is 2.44. The Kier molecular flexibility index (Phi) is 3.74. The zero-order valence-electron chi connectivity index (χ0n) is 11.7. The molecule has 0 N–H and O–H groups in total. The Bertz CT molecular complexity index is 478. The van der Waals surface area contributed by atoms with Gasteiger partial charge in [-0.05, 0) is 12.5 Å². The molecule has 0 radical (unpaired) electrons. The highest BCUT2D eigenvalue weighted by molar-refractivity contribution is 5.75. The van der Waals surface area contributed by atoms with Crippen molar-refractivity contribution in [2.75, 3.05) is 13.7 Å². The van der Waals surface area contributed by atoms with E-state index < -0.39 is 6.10 Å². The fourth-order valence-corrected chi connectivity index (χ4v) is 2.79. The van der Waals surface area contributed by atoms with Crippen molar-refractivity contribution in [3.63, 3.8) is 0 Å². The van der Waals surface area contributed by atoms with E-state index in [9.17, 15) is 4.79 Å². The van der Waals surface area contributed by atoms with Crippen molar-refractivity contribution in [2.24, 2.45) is 0 Å². The molecule has 2 aliphatic heterocycles. The lowest BCUT2D eigenvalue weighted by Gasteiger charge is -2.36. The third-order valence-corrected chi connectivity index (χ3v) is 3.97. The molecule has 0 amide bonds. The summed E-state index contributed by atoms with van der Waals surface area (Å²) in [5.74, 6) is -0.355. The van der Waals surface area contributed by atoms with Gasteiger partial charge in [0, 0.05) is 13.1 Å². The van der Waals surface area contributed by atoms with Gasteiger partial charge in [-0.2, -0.15) is 0 Å². The Morgan fingerprint density at radius 1 is 1.35 bits per heavy atom. The zero-order chi connectivity index (χ0) is 14.1. The molecule has 0 spiro atoms. The van der Waals surface area contributed by atoms with Gasteiger partial charge < -0.3 is 14.2 Å². The SMILES string of the molecule is COC(=O)[C@@H]1O[C@@H]2O[C@H]1CN(Cc1ccccc1)[C@@H]2C. The van der Waals surface area contributed by atoms with Gasteiger partial charge in [0.25, 0.3) is 0 Å². The first-order valence-corrected chi connectivity index (χ1v) is 6.86. The maximum atomic E-state index is 11.7. The van der Waals surface area contributed by atoms with Gasteiger partial charge in [-0.3, -0.25) is 4.90 Å². The standard InChI is InChI=1S/C15H19NO4/c1-10-15-19-12(13(20-15)14(17)18-2)9-16(10)8-11-6-4-3-5-7-11/h3-7,10,12-13,15H,8-9H2,1-2H3/t10-,12+,13-,15+/m1/s1. The second-order valence-corrected chi connectivity index (χ2v) is 5.28. The number of carbonyl (C=O) groups excluding carboxylic acids is 1. The summed E-state index contributed by atoms with van der Waals surface area (Å²) in [5.41, 5.74) is 1.25. The minimum Gasteiger partial charge on any atom is -0.467 e. The summed E-state index contributed by atoms with van der Waals surface area (Å²) in [5, 5.41) is 0. The molecule has 0 saturated carbocycles. The Labute approximate surface area is 118 Å². The Balaban J connectivity index is 1.71. The number of ether oxygens (including phenoxy) is 3. The van der Waals surface area contributed by atoms with Crippen LogP contribution >= 0.6 is 0 Å². The van der Waals surface area contributed by atoms with E-state index in [2.05, 4.69) is 24.0 Å². The van der Waals surface area contributed by atoms with Crippen molar-refractivity contribution < 1.29 is 19.0 Å². The number of hydrogen-bond acceptors (Lipinski definition) is 5. The molecule has 2 aliphatic rings. The van der Waals surface area contributed by atoms with E-state index in [1.165, 1.54) is 12.7 Å². The topological polar surface area (TPSA) is 48.0 Å². The molecule has 1 aromatic carbocycles. The summed E-state index contributed by atoms with van der Waals surface area (Å²) in [4.78, 5) is 14.0. The predicted octanol–water partition coefficient (Wildman–Crippen LogP) is 1.17. The van der Waals surface area contributed by atoms with Crippen molar-refractivity contribution in [1.29, 1.82) is 0 Å². The molecular weight excluding hydrogens is 258 g/mol. The molecule has 1 aromatic rings. The molecule has 0 unspecified atom stereocenters. The number of carbonyl (C=O) groups is 1. The fourth-order valence-electron chi connectivity index (χ4n) is 2.79. The molecule has 0 aromatic heterocycles. The highest BCUT2D eigenvalue weighted by atomic mass is 16.7. The maximum Gasteiger partial charge on any atom is 0.337 e. The van der Waals surface area contributed by atoms with E-state index in [0.717, 1.165) is 6.54 Å². The number of esters is 1. The Morgan fingerprint density at radius 2 is 2.10 bits per heavy atom. The summed E-state index contributed by atoms with van der Waals surface area (Å²) >= 11 is 0. The van der Waals surface area contributed by atoms with Gasteiger partial charge in [0.15, 0.2) is 12.4 Å². The first-order chi connectivity index (χ1) is 9.69.